The molecule has 1 aromatic rings. The van der Waals surface area contributed by atoms with Crippen molar-refractivity contribution in [3.05, 3.63) is 21.9 Å². The summed E-state index contributed by atoms with van der Waals surface area (Å²) in [5, 5.41) is 6.13. The van der Waals surface area contributed by atoms with Gasteiger partial charge in [0.05, 0.1) is 6.54 Å². The summed E-state index contributed by atoms with van der Waals surface area (Å²) in [6.45, 7) is 9.48. The van der Waals surface area contributed by atoms with Gasteiger partial charge in [0.1, 0.15) is 0 Å². The molecular formula is C13H22N2OS. The van der Waals surface area contributed by atoms with Crippen LogP contribution in [0.25, 0.3) is 0 Å². The van der Waals surface area contributed by atoms with Crippen molar-refractivity contribution < 1.29 is 4.79 Å². The fourth-order valence-electron chi connectivity index (χ4n) is 1.41. The van der Waals surface area contributed by atoms with Gasteiger partial charge < -0.3 is 10.6 Å². The van der Waals surface area contributed by atoms with Crippen LogP contribution in [0, 0.1) is 12.8 Å². The molecule has 1 unspecified atom stereocenters. The number of thiophene rings is 1. The van der Waals surface area contributed by atoms with Gasteiger partial charge >= 0.3 is 0 Å². The van der Waals surface area contributed by atoms with Crippen LogP contribution in [0.15, 0.2) is 12.1 Å². The topological polar surface area (TPSA) is 41.1 Å². The van der Waals surface area contributed by atoms with Gasteiger partial charge in [0.15, 0.2) is 0 Å². The fourth-order valence-corrected chi connectivity index (χ4v) is 2.32. The molecule has 4 heteroatoms. The van der Waals surface area contributed by atoms with Crippen LogP contribution >= 0.6 is 11.3 Å². The Morgan fingerprint density at radius 1 is 1.35 bits per heavy atom. The summed E-state index contributed by atoms with van der Waals surface area (Å²) in [4.78, 5) is 14.1. The molecule has 0 aliphatic carbocycles. The van der Waals surface area contributed by atoms with E-state index in [4.69, 9.17) is 0 Å². The molecule has 0 fully saturated rings. The van der Waals surface area contributed by atoms with E-state index in [-0.39, 0.29) is 11.9 Å². The molecule has 0 saturated heterocycles. The smallest absolute Gasteiger partial charge is 0.233 e. The maximum absolute atomic E-state index is 11.5. The minimum atomic E-state index is 0.0684. The Hall–Kier alpha value is -0.870. The molecule has 0 aliphatic rings. The summed E-state index contributed by atoms with van der Waals surface area (Å²) in [7, 11) is 0. The van der Waals surface area contributed by atoms with Crippen LogP contribution in [0.5, 0.6) is 0 Å². The Labute approximate surface area is 108 Å². The van der Waals surface area contributed by atoms with Crippen LogP contribution in [0.1, 0.15) is 36.6 Å². The molecule has 1 atom stereocenters. The average molecular weight is 254 g/mol. The largest absolute Gasteiger partial charge is 0.355 e. The van der Waals surface area contributed by atoms with E-state index in [1.165, 1.54) is 9.75 Å². The lowest BCUT2D eigenvalue weighted by Crippen LogP contribution is -2.36. The van der Waals surface area contributed by atoms with Gasteiger partial charge in [-0.05, 0) is 31.9 Å². The predicted octanol–water partition coefficient (Wildman–Crippen LogP) is 2.48. The lowest BCUT2D eigenvalue weighted by atomic mass is 10.2. The minimum absolute atomic E-state index is 0.0684. The number of aryl methyl sites for hydroxylation is 1. The first kappa shape index (κ1) is 14.2. The zero-order valence-corrected chi connectivity index (χ0v) is 11.9. The van der Waals surface area contributed by atoms with Crippen molar-refractivity contribution in [1.29, 1.82) is 0 Å². The molecule has 0 saturated carbocycles. The SMILES string of the molecule is Cc1ccc(C(C)NCC(=O)NCC(C)C)s1. The van der Waals surface area contributed by atoms with E-state index in [2.05, 4.69) is 50.5 Å². The second-order valence-electron chi connectivity index (χ2n) is 4.75. The highest BCUT2D eigenvalue weighted by Crippen LogP contribution is 2.21. The van der Waals surface area contributed by atoms with Crippen LogP contribution in [0.4, 0.5) is 0 Å². The number of nitrogens with one attached hydrogen (secondary N) is 2. The summed E-state index contributed by atoms with van der Waals surface area (Å²) in [5.41, 5.74) is 0. The second kappa shape index (κ2) is 6.77. The quantitative estimate of drug-likeness (QED) is 0.819. The molecule has 1 aromatic heterocycles. The van der Waals surface area contributed by atoms with E-state index in [1.54, 1.807) is 11.3 Å². The monoisotopic (exact) mass is 254 g/mol. The highest BCUT2D eigenvalue weighted by molar-refractivity contribution is 7.12. The van der Waals surface area contributed by atoms with Crippen LogP contribution < -0.4 is 10.6 Å². The molecule has 1 amide bonds. The standard InChI is InChI=1S/C13H22N2OS/c1-9(2)7-15-13(16)8-14-11(4)12-6-5-10(3)17-12/h5-6,9,11,14H,7-8H2,1-4H3,(H,15,16). The Kier molecular flexibility index (Phi) is 5.65. The Morgan fingerprint density at radius 3 is 2.59 bits per heavy atom. The Morgan fingerprint density at radius 2 is 2.06 bits per heavy atom. The molecule has 1 heterocycles. The minimum Gasteiger partial charge on any atom is -0.355 e. The van der Waals surface area contributed by atoms with Gasteiger partial charge in [-0.2, -0.15) is 0 Å². The average Bonchev–Trinajstić information content (AvgIpc) is 2.70. The maximum Gasteiger partial charge on any atom is 0.233 e. The molecule has 1 rings (SSSR count). The molecule has 0 radical (unpaired) electrons. The van der Waals surface area contributed by atoms with Crippen molar-refractivity contribution in [3.63, 3.8) is 0 Å². The van der Waals surface area contributed by atoms with Gasteiger partial charge in [-0.1, -0.05) is 13.8 Å². The number of hydrogen-bond acceptors (Lipinski definition) is 3. The Balaban J connectivity index is 2.28. The van der Waals surface area contributed by atoms with Crippen molar-refractivity contribution in [2.24, 2.45) is 5.92 Å². The van der Waals surface area contributed by atoms with Crippen molar-refractivity contribution >= 4 is 17.2 Å². The van der Waals surface area contributed by atoms with Crippen molar-refractivity contribution in [1.82, 2.24) is 10.6 Å². The first-order valence-corrected chi connectivity index (χ1v) is 6.87. The van der Waals surface area contributed by atoms with Gasteiger partial charge in [-0.15, -0.1) is 11.3 Å². The maximum atomic E-state index is 11.5. The number of amides is 1. The second-order valence-corrected chi connectivity index (χ2v) is 6.07. The van der Waals surface area contributed by atoms with E-state index >= 15 is 0 Å². The van der Waals surface area contributed by atoms with E-state index in [9.17, 15) is 4.79 Å². The predicted molar refractivity (Wildman–Crippen MR) is 73.3 cm³/mol. The molecule has 17 heavy (non-hydrogen) atoms. The molecule has 96 valence electrons. The molecule has 2 N–H and O–H groups in total. The van der Waals surface area contributed by atoms with Crippen LogP contribution in [0.3, 0.4) is 0 Å². The van der Waals surface area contributed by atoms with Crippen molar-refractivity contribution in [2.45, 2.75) is 33.7 Å². The first-order valence-electron chi connectivity index (χ1n) is 6.05. The lowest BCUT2D eigenvalue weighted by molar-refractivity contribution is -0.120. The highest BCUT2D eigenvalue weighted by atomic mass is 32.1. The van der Waals surface area contributed by atoms with Crippen molar-refractivity contribution in [2.75, 3.05) is 13.1 Å². The third-order valence-electron chi connectivity index (χ3n) is 2.46. The number of carbonyl (C=O) groups is 1. The highest BCUT2D eigenvalue weighted by Gasteiger charge is 2.09. The van der Waals surface area contributed by atoms with Crippen LogP contribution in [-0.4, -0.2) is 19.0 Å². The summed E-state index contributed by atoms with van der Waals surface area (Å²) >= 11 is 1.77. The third kappa shape index (κ3) is 5.33. The zero-order valence-electron chi connectivity index (χ0n) is 11.0. The van der Waals surface area contributed by atoms with E-state index < -0.39 is 0 Å². The van der Waals surface area contributed by atoms with E-state index in [0.717, 1.165) is 6.54 Å². The van der Waals surface area contributed by atoms with Crippen LogP contribution in [-0.2, 0) is 4.79 Å². The molecule has 0 spiro atoms. The molecular weight excluding hydrogens is 232 g/mol. The first-order chi connectivity index (χ1) is 7.99. The number of hydrogen-bond donors (Lipinski definition) is 2. The third-order valence-corrected chi connectivity index (χ3v) is 3.65. The van der Waals surface area contributed by atoms with Gasteiger partial charge in [-0.25, -0.2) is 0 Å². The normalized spacial score (nSPS) is 12.8. The van der Waals surface area contributed by atoms with E-state index in [0.29, 0.717) is 12.5 Å². The summed E-state index contributed by atoms with van der Waals surface area (Å²) in [6.07, 6.45) is 0. The van der Waals surface area contributed by atoms with Gasteiger partial charge in [-0.3, -0.25) is 4.79 Å². The summed E-state index contributed by atoms with van der Waals surface area (Å²) in [6, 6.07) is 4.46. The number of carbonyl (C=O) groups excluding carboxylic acids is 1. The van der Waals surface area contributed by atoms with Crippen molar-refractivity contribution in [3.8, 4) is 0 Å². The Bertz CT molecular complexity index is 360. The summed E-state index contributed by atoms with van der Waals surface area (Å²) < 4.78 is 0. The number of rotatable bonds is 6. The molecule has 0 aliphatic heterocycles. The molecule has 0 bridgehead atoms. The lowest BCUT2D eigenvalue weighted by Gasteiger charge is -2.12. The zero-order chi connectivity index (χ0) is 12.8. The summed E-state index contributed by atoms with van der Waals surface area (Å²) in [5.74, 6) is 0.565. The van der Waals surface area contributed by atoms with Gasteiger partial charge in [0.25, 0.3) is 0 Å². The molecule has 0 aromatic carbocycles. The van der Waals surface area contributed by atoms with Crippen LogP contribution in [0.2, 0.25) is 0 Å². The van der Waals surface area contributed by atoms with Gasteiger partial charge in [0.2, 0.25) is 5.91 Å². The fraction of sp³-hybridized carbons (Fsp3) is 0.615. The van der Waals surface area contributed by atoms with E-state index in [1.807, 2.05) is 0 Å². The van der Waals surface area contributed by atoms with Gasteiger partial charge in [0, 0.05) is 22.3 Å². The molecule has 3 nitrogen and oxygen atoms in total.